The zero-order valence-electron chi connectivity index (χ0n) is 21.7. The summed E-state index contributed by atoms with van der Waals surface area (Å²) in [6, 6.07) is 10.6. The van der Waals surface area contributed by atoms with Crippen LogP contribution in [0.25, 0.3) is 33.3 Å². The molecule has 8 nitrogen and oxygen atoms in total. The maximum Gasteiger partial charge on any atom is 0.405 e. The van der Waals surface area contributed by atoms with Gasteiger partial charge >= 0.3 is 6.18 Å². The number of aldehydes is 1. The molecular formula is C29H20ClF4N5O3. The number of nitrogens with one attached hydrogen (secondary N) is 2. The van der Waals surface area contributed by atoms with Gasteiger partial charge in [0.1, 0.15) is 12.4 Å². The van der Waals surface area contributed by atoms with E-state index < -0.39 is 30.4 Å². The molecule has 2 amide bonds. The molecule has 0 aliphatic heterocycles. The van der Waals surface area contributed by atoms with Crippen LogP contribution in [0.3, 0.4) is 0 Å². The number of halogens is 5. The van der Waals surface area contributed by atoms with Gasteiger partial charge in [0.2, 0.25) is 0 Å². The maximum atomic E-state index is 13.2. The topological polar surface area (TPSA) is 119 Å². The molecule has 0 aliphatic carbocycles. The van der Waals surface area contributed by atoms with E-state index in [2.05, 4.69) is 28.7 Å². The number of aryl methyl sites for hydroxylation is 1. The molecule has 0 radical (unpaired) electrons. The van der Waals surface area contributed by atoms with Gasteiger partial charge in [0.25, 0.3) is 11.8 Å². The molecular weight excluding hydrogens is 578 g/mol. The third kappa shape index (κ3) is 6.11. The Bertz CT molecular complexity index is 1820. The Morgan fingerprint density at radius 1 is 1.17 bits per heavy atom. The molecule has 13 heteroatoms. The number of fused-ring (bicyclic) bond motifs is 1. The van der Waals surface area contributed by atoms with Gasteiger partial charge in [-0.05, 0) is 41.3 Å². The molecule has 4 rings (SSSR count). The van der Waals surface area contributed by atoms with Crippen LogP contribution in [0, 0.1) is 11.8 Å². The minimum Gasteiger partial charge on any atom is -0.383 e. The number of carbonyl (C=O) groups excluding carboxylic acids is 3. The molecule has 0 aliphatic rings. The van der Waals surface area contributed by atoms with E-state index in [1.165, 1.54) is 36.5 Å². The number of amides is 2. The summed E-state index contributed by atoms with van der Waals surface area (Å²) in [5, 5.41) is 4.46. The van der Waals surface area contributed by atoms with Crippen LogP contribution < -0.4 is 16.4 Å². The molecule has 0 atom stereocenters. The predicted octanol–water partition coefficient (Wildman–Crippen LogP) is 5.41. The summed E-state index contributed by atoms with van der Waals surface area (Å²) < 4.78 is 52.7. The lowest BCUT2D eigenvalue weighted by Crippen LogP contribution is -2.33. The van der Waals surface area contributed by atoms with Crippen LogP contribution in [-0.4, -0.2) is 40.4 Å². The first-order chi connectivity index (χ1) is 19.8. The van der Waals surface area contributed by atoms with Crippen LogP contribution in [0.1, 0.15) is 15.9 Å². The van der Waals surface area contributed by atoms with Gasteiger partial charge < -0.3 is 20.9 Å². The average Bonchev–Trinajstić information content (AvgIpc) is 3.25. The van der Waals surface area contributed by atoms with E-state index in [0.717, 1.165) is 0 Å². The summed E-state index contributed by atoms with van der Waals surface area (Å²) in [6.45, 7) is 1.43. The highest BCUT2D eigenvalue weighted by Gasteiger charge is 2.29. The van der Waals surface area contributed by atoms with Crippen molar-refractivity contribution in [2.45, 2.75) is 6.18 Å². The lowest BCUT2D eigenvalue weighted by Gasteiger charge is -2.13. The van der Waals surface area contributed by atoms with Crippen molar-refractivity contribution in [3.8, 4) is 34.2 Å². The molecule has 214 valence electrons. The van der Waals surface area contributed by atoms with Gasteiger partial charge in [-0.1, -0.05) is 42.3 Å². The molecule has 2 heterocycles. The summed E-state index contributed by atoms with van der Waals surface area (Å²) in [6.07, 6.45) is -2.77. The number of anilines is 2. The van der Waals surface area contributed by atoms with Crippen molar-refractivity contribution in [1.29, 1.82) is 0 Å². The van der Waals surface area contributed by atoms with Gasteiger partial charge in [0.05, 0.1) is 32.7 Å². The lowest BCUT2D eigenvalue weighted by atomic mass is 9.97. The van der Waals surface area contributed by atoms with Gasteiger partial charge in [-0.2, -0.15) is 13.2 Å². The first-order valence-corrected chi connectivity index (χ1v) is 12.3. The number of carbonyl (C=O) groups is 3. The van der Waals surface area contributed by atoms with Crippen LogP contribution in [0.2, 0.25) is 5.02 Å². The van der Waals surface area contributed by atoms with Crippen molar-refractivity contribution in [2.75, 3.05) is 17.6 Å². The lowest BCUT2D eigenvalue weighted by molar-refractivity contribution is -0.123. The average molecular weight is 598 g/mol. The monoisotopic (exact) mass is 597 g/mol. The van der Waals surface area contributed by atoms with Crippen LogP contribution in [-0.2, 0) is 16.6 Å². The van der Waals surface area contributed by atoms with Crippen molar-refractivity contribution in [3.05, 3.63) is 77.2 Å². The minimum atomic E-state index is -4.60. The van der Waals surface area contributed by atoms with Crippen LogP contribution in [0.5, 0.6) is 0 Å². The molecule has 2 aromatic carbocycles. The molecule has 0 fully saturated rings. The number of benzene rings is 2. The minimum absolute atomic E-state index is 0.104. The van der Waals surface area contributed by atoms with E-state index in [4.69, 9.17) is 17.3 Å². The van der Waals surface area contributed by atoms with Gasteiger partial charge in [-0.3, -0.25) is 14.4 Å². The molecule has 2 aromatic heterocycles. The number of alkyl halides is 3. The summed E-state index contributed by atoms with van der Waals surface area (Å²) in [5.74, 6) is 2.02. The number of hydrogen-bond acceptors (Lipinski definition) is 5. The zero-order valence-corrected chi connectivity index (χ0v) is 22.5. The number of nitrogens with two attached hydrogens (primary N) is 1. The van der Waals surface area contributed by atoms with Crippen LogP contribution >= 0.6 is 11.6 Å². The van der Waals surface area contributed by atoms with Gasteiger partial charge in [0.15, 0.2) is 12.1 Å². The van der Waals surface area contributed by atoms with E-state index in [-0.39, 0.29) is 16.4 Å². The highest BCUT2D eigenvalue weighted by molar-refractivity contribution is 6.34. The highest BCUT2D eigenvalue weighted by Crippen LogP contribution is 2.44. The number of nitrogens with zero attached hydrogens (tertiary/aromatic N) is 2. The Hall–Kier alpha value is -5.15. The summed E-state index contributed by atoms with van der Waals surface area (Å²) in [5.41, 5.74) is 9.40. The van der Waals surface area contributed by atoms with Crippen molar-refractivity contribution in [1.82, 2.24) is 14.9 Å². The highest BCUT2D eigenvalue weighted by atomic mass is 35.5. The van der Waals surface area contributed by atoms with Gasteiger partial charge in [-0.25, -0.2) is 9.37 Å². The summed E-state index contributed by atoms with van der Waals surface area (Å²) in [7, 11) is 1.72. The van der Waals surface area contributed by atoms with Crippen molar-refractivity contribution >= 4 is 52.1 Å². The fourth-order valence-electron chi connectivity index (χ4n) is 4.37. The third-order valence-electron chi connectivity index (χ3n) is 6.12. The second kappa shape index (κ2) is 11.8. The Labute approximate surface area is 241 Å². The standard InChI is InChI=1S/C29H20ClF4N5O3/c1-15(31)27(41)38-19-8-5-16(6-9-19)24-22(23-25(39(24)2)18(4-3-11-40)13-36-26(23)35)17-7-10-20(21(30)12-17)28(42)37-14-29(32,33)34/h5-13H,1,14H2,2H3,(H2,35,36)(H,37,42)(H,38,41). The normalized spacial score (nSPS) is 11.0. The predicted molar refractivity (Wildman–Crippen MR) is 151 cm³/mol. The molecule has 4 aromatic rings. The molecule has 0 unspecified atom stereocenters. The summed E-state index contributed by atoms with van der Waals surface area (Å²) in [4.78, 5) is 39.3. The second-order valence-electron chi connectivity index (χ2n) is 8.88. The van der Waals surface area contributed by atoms with Crippen molar-refractivity contribution in [3.63, 3.8) is 0 Å². The molecule has 42 heavy (non-hydrogen) atoms. The number of rotatable bonds is 6. The Balaban J connectivity index is 1.93. The fraction of sp³-hybridized carbons (Fsp3) is 0.103. The number of aromatic nitrogens is 2. The fourth-order valence-corrected chi connectivity index (χ4v) is 4.63. The Morgan fingerprint density at radius 3 is 2.43 bits per heavy atom. The molecule has 0 spiro atoms. The first kappa shape index (κ1) is 29.8. The first-order valence-electron chi connectivity index (χ1n) is 12.0. The number of pyridine rings is 1. The van der Waals surface area contributed by atoms with Crippen LogP contribution in [0.15, 0.2) is 61.1 Å². The molecule has 4 N–H and O–H groups in total. The molecule has 0 saturated heterocycles. The SMILES string of the molecule is C=C(F)C(=O)Nc1ccc(-c2c(-c3ccc(C(=O)NCC(F)(F)F)c(Cl)c3)c3c(N)ncc(C#CC=O)c3n2C)cc1. The van der Waals surface area contributed by atoms with Crippen molar-refractivity contribution < 1.29 is 31.9 Å². The number of nitrogen functional groups attached to an aromatic ring is 1. The maximum absolute atomic E-state index is 13.2. The Kier molecular flexibility index (Phi) is 8.35. The van der Waals surface area contributed by atoms with Crippen LogP contribution in [0.4, 0.5) is 29.1 Å². The summed E-state index contributed by atoms with van der Waals surface area (Å²) >= 11 is 6.38. The zero-order chi connectivity index (χ0) is 30.8. The second-order valence-corrected chi connectivity index (χ2v) is 9.29. The molecule has 0 bridgehead atoms. The van der Waals surface area contributed by atoms with E-state index in [1.54, 1.807) is 29.1 Å². The van der Waals surface area contributed by atoms with Crippen molar-refractivity contribution in [2.24, 2.45) is 7.05 Å². The number of hydrogen-bond donors (Lipinski definition) is 3. The molecule has 0 saturated carbocycles. The smallest absolute Gasteiger partial charge is 0.383 e. The third-order valence-corrected chi connectivity index (χ3v) is 6.43. The van der Waals surface area contributed by atoms with E-state index in [9.17, 15) is 31.9 Å². The largest absolute Gasteiger partial charge is 0.405 e. The van der Waals surface area contributed by atoms with Gasteiger partial charge in [-0.15, -0.1) is 0 Å². The van der Waals surface area contributed by atoms with E-state index in [0.29, 0.717) is 50.8 Å². The Morgan fingerprint density at radius 2 is 1.83 bits per heavy atom. The van der Waals surface area contributed by atoms with Gasteiger partial charge in [0, 0.05) is 24.5 Å². The van der Waals surface area contributed by atoms with E-state index in [1.807, 2.05) is 0 Å². The quantitative estimate of drug-likeness (QED) is 0.119. The van der Waals surface area contributed by atoms with E-state index >= 15 is 0 Å².